The first-order valence-electron chi connectivity index (χ1n) is 10.5. The minimum absolute atomic E-state index is 0.0312. The SMILES string of the molecule is CC1CCN(c2ccc(N3CCN(S(=O)(=O)Cc4cccc(Cl)c4)CC3)nn2)CC1. The molecule has 0 N–H and O–H groups in total. The third-order valence-corrected chi connectivity index (χ3v) is 8.02. The Morgan fingerprint density at radius 3 is 2.10 bits per heavy atom. The maximum atomic E-state index is 12.8. The minimum Gasteiger partial charge on any atom is -0.355 e. The van der Waals surface area contributed by atoms with Crippen LogP contribution in [0, 0.1) is 5.92 Å². The topological polar surface area (TPSA) is 69.6 Å². The predicted octanol–water partition coefficient (Wildman–Crippen LogP) is 3.02. The smallest absolute Gasteiger partial charge is 0.218 e. The van der Waals surface area contributed by atoms with Crippen molar-refractivity contribution in [3.05, 3.63) is 47.0 Å². The standard InChI is InChI=1S/C21H28ClN5O2S/c1-17-7-9-25(10-8-17)20-5-6-21(24-23-20)26-11-13-27(14-12-26)30(28,29)16-18-3-2-4-19(22)15-18/h2-6,15,17H,7-14,16H2,1H3. The van der Waals surface area contributed by atoms with Gasteiger partial charge in [-0.2, -0.15) is 4.31 Å². The number of nitrogens with zero attached hydrogens (tertiary/aromatic N) is 5. The molecule has 0 aliphatic carbocycles. The van der Waals surface area contributed by atoms with E-state index < -0.39 is 10.0 Å². The van der Waals surface area contributed by atoms with Gasteiger partial charge in [-0.3, -0.25) is 0 Å². The van der Waals surface area contributed by atoms with E-state index in [-0.39, 0.29) is 5.75 Å². The monoisotopic (exact) mass is 449 g/mol. The normalized spacial score (nSPS) is 19.3. The molecule has 0 atom stereocenters. The Balaban J connectivity index is 1.34. The fourth-order valence-corrected chi connectivity index (χ4v) is 5.73. The van der Waals surface area contributed by atoms with Crippen molar-refractivity contribution in [3.63, 3.8) is 0 Å². The van der Waals surface area contributed by atoms with E-state index in [0.717, 1.165) is 30.6 Å². The molecule has 0 spiro atoms. The van der Waals surface area contributed by atoms with Crippen LogP contribution in [0.25, 0.3) is 0 Å². The third-order valence-electron chi connectivity index (χ3n) is 5.94. The maximum absolute atomic E-state index is 12.8. The van der Waals surface area contributed by atoms with E-state index in [9.17, 15) is 8.42 Å². The van der Waals surface area contributed by atoms with Crippen LogP contribution in [0.2, 0.25) is 5.02 Å². The number of hydrogen-bond donors (Lipinski definition) is 0. The molecule has 1 aromatic heterocycles. The highest BCUT2D eigenvalue weighted by molar-refractivity contribution is 7.88. The number of hydrogen-bond acceptors (Lipinski definition) is 6. The molecule has 3 heterocycles. The fourth-order valence-electron chi connectivity index (χ4n) is 4.02. The Hall–Kier alpha value is -1.90. The molecule has 0 saturated carbocycles. The number of aromatic nitrogens is 2. The molecule has 30 heavy (non-hydrogen) atoms. The number of piperazine rings is 1. The van der Waals surface area contributed by atoms with Gasteiger partial charge in [0.25, 0.3) is 0 Å². The summed E-state index contributed by atoms with van der Waals surface area (Å²) in [6.45, 7) is 6.43. The van der Waals surface area contributed by atoms with E-state index >= 15 is 0 Å². The first kappa shape index (κ1) is 21.3. The van der Waals surface area contributed by atoms with Gasteiger partial charge in [0.05, 0.1) is 5.75 Å². The summed E-state index contributed by atoms with van der Waals surface area (Å²) < 4.78 is 27.1. The summed E-state index contributed by atoms with van der Waals surface area (Å²) in [6, 6.07) is 11.0. The van der Waals surface area contributed by atoms with Crippen molar-refractivity contribution in [2.24, 2.45) is 5.92 Å². The van der Waals surface area contributed by atoms with Gasteiger partial charge in [-0.15, -0.1) is 10.2 Å². The summed E-state index contributed by atoms with van der Waals surface area (Å²) in [5.41, 5.74) is 0.707. The van der Waals surface area contributed by atoms with Crippen LogP contribution < -0.4 is 9.80 Å². The van der Waals surface area contributed by atoms with Gasteiger partial charge >= 0.3 is 0 Å². The first-order valence-corrected chi connectivity index (χ1v) is 12.5. The highest BCUT2D eigenvalue weighted by Gasteiger charge is 2.28. The molecule has 2 fully saturated rings. The molecular weight excluding hydrogens is 422 g/mol. The lowest BCUT2D eigenvalue weighted by Crippen LogP contribution is -2.49. The van der Waals surface area contributed by atoms with E-state index in [1.165, 1.54) is 12.8 Å². The lowest BCUT2D eigenvalue weighted by atomic mass is 9.99. The van der Waals surface area contributed by atoms with Crippen LogP contribution in [0.1, 0.15) is 25.3 Å². The lowest BCUT2D eigenvalue weighted by molar-refractivity contribution is 0.383. The van der Waals surface area contributed by atoms with Crippen LogP contribution in [0.4, 0.5) is 11.6 Å². The second kappa shape index (κ2) is 9.08. The Labute approximate surface area is 183 Å². The van der Waals surface area contributed by atoms with Gasteiger partial charge < -0.3 is 9.80 Å². The predicted molar refractivity (Wildman–Crippen MR) is 121 cm³/mol. The van der Waals surface area contributed by atoms with Crippen molar-refractivity contribution in [3.8, 4) is 0 Å². The number of anilines is 2. The highest BCUT2D eigenvalue weighted by Crippen LogP contribution is 2.23. The molecule has 2 aliphatic rings. The third kappa shape index (κ3) is 5.04. The summed E-state index contributed by atoms with van der Waals surface area (Å²) in [5.74, 6) is 2.47. The maximum Gasteiger partial charge on any atom is 0.218 e. The van der Waals surface area contributed by atoms with E-state index in [2.05, 4.69) is 26.9 Å². The Bertz CT molecular complexity index is 954. The first-order chi connectivity index (χ1) is 14.4. The van der Waals surface area contributed by atoms with Gasteiger partial charge in [-0.25, -0.2) is 8.42 Å². The van der Waals surface area contributed by atoms with Crippen LogP contribution in [0.15, 0.2) is 36.4 Å². The summed E-state index contributed by atoms with van der Waals surface area (Å²) in [4.78, 5) is 4.39. The molecule has 2 saturated heterocycles. The molecule has 4 rings (SSSR count). The van der Waals surface area contributed by atoms with Gasteiger partial charge in [-0.1, -0.05) is 30.7 Å². The molecule has 7 nitrogen and oxygen atoms in total. The number of sulfonamides is 1. The number of piperidine rings is 1. The van der Waals surface area contributed by atoms with Crippen molar-refractivity contribution >= 4 is 33.3 Å². The van der Waals surface area contributed by atoms with Crippen LogP contribution in [-0.4, -0.2) is 62.2 Å². The van der Waals surface area contributed by atoms with Gasteiger partial charge in [0.2, 0.25) is 10.0 Å². The quantitative estimate of drug-likeness (QED) is 0.698. The molecule has 2 aliphatic heterocycles. The molecule has 0 radical (unpaired) electrons. The average Bonchev–Trinajstić information content (AvgIpc) is 2.74. The Morgan fingerprint density at radius 1 is 0.933 bits per heavy atom. The molecule has 162 valence electrons. The molecule has 9 heteroatoms. The molecule has 2 aromatic rings. The second-order valence-corrected chi connectivity index (χ2v) is 10.6. The van der Waals surface area contributed by atoms with Crippen LogP contribution >= 0.6 is 11.6 Å². The number of rotatable bonds is 5. The van der Waals surface area contributed by atoms with Crippen LogP contribution in [0.3, 0.4) is 0 Å². The lowest BCUT2D eigenvalue weighted by Gasteiger charge is -2.35. The average molecular weight is 450 g/mol. The molecule has 0 unspecified atom stereocenters. The fraction of sp³-hybridized carbons (Fsp3) is 0.524. The second-order valence-electron chi connectivity index (χ2n) is 8.19. The van der Waals surface area contributed by atoms with Crippen molar-refractivity contribution in [2.45, 2.75) is 25.5 Å². The molecule has 1 aromatic carbocycles. The van der Waals surface area contributed by atoms with E-state index in [0.29, 0.717) is 36.8 Å². The van der Waals surface area contributed by atoms with Crippen LogP contribution in [-0.2, 0) is 15.8 Å². The Morgan fingerprint density at radius 2 is 1.53 bits per heavy atom. The number of benzene rings is 1. The highest BCUT2D eigenvalue weighted by atomic mass is 35.5. The van der Waals surface area contributed by atoms with Gasteiger partial charge in [-0.05, 0) is 48.6 Å². The van der Waals surface area contributed by atoms with Crippen LogP contribution in [0.5, 0.6) is 0 Å². The number of halogens is 1. The zero-order valence-electron chi connectivity index (χ0n) is 17.2. The van der Waals surface area contributed by atoms with Gasteiger partial charge in [0, 0.05) is 44.3 Å². The minimum atomic E-state index is -3.38. The largest absolute Gasteiger partial charge is 0.355 e. The molecular formula is C21H28ClN5O2S. The van der Waals surface area contributed by atoms with Crippen molar-refractivity contribution in [2.75, 3.05) is 49.1 Å². The van der Waals surface area contributed by atoms with E-state index in [1.54, 1.807) is 28.6 Å². The summed E-state index contributed by atoms with van der Waals surface area (Å²) >= 11 is 5.98. The Kier molecular flexibility index (Phi) is 6.46. The molecule has 0 amide bonds. The van der Waals surface area contributed by atoms with E-state index in [4.69, 9.17) is 11.6 Å². The summed E-state index contributed by atoms with van der Waals surface area (Å²) in [7, 11) is -3.38. The van der Waals surface area contributed by atoms with Crippen molar-refractivity contribution < 1.29 is 8.42 Å². The van der Waals surface area contributed by atoms with Gasteiger partial charge in [0.1, 0.15) is 0 Å². The zero-order valence-corrected chi connectivity index (χ0v) is 18.8. The summed E-state index contributed by atoms with van der Waals surface area (Å²) in [6.07, 6.45) is 2.38. The van der Waals surface area contributed by atoms with Crippen molar-refractivity contribution in [1.82, 2.24) is 14.5 Å². The molecule has 0 bridgehead atoms. The zero-order chi connectivity index (χ0) is 21.1. The van der Waals surface area contributed by atoms with Crippen molar-refractivity contribution in [1.29, 1.82) is 0 Å². The van der Waals surface area contributed by atoms with E-state index in [1.807, 2.05) is 12.1 Å². The van der Waals surface area contributed by atoms with Gasteiger partial charge in [0.15, 0.2) is 11.6 Å². The summed E-state index contributed by atoms with van der Waals surface area (Å²) in [5, 5.41) is 9.39.